The van der Waals surface area contributed by atoms with Gasteiger partial charge >= 0.3 is 0 Å². The van der Waals surface area contributed by atoms with Crippen LogP contribution < -0.4 is 10.6 Å². The SMILES string of the molecule is CCCCNc1cnc(C(=O)Nc2c(F)cccc2F)cn1. The number of carbonyl (C=O) groups is 1. The maximum absolute atomic E-state index is 13.5. The third-order valence-corrected chi connectivity index (χ3v) is 2.92. The summed E-state index contributed by atoms with van der Waals surface area (Å²) in [5.74, 6) is -1.88. The van der Waals surface area contributed by atoms with Gasteiger partial charge in [-0.25, -0.2) is 18.7 Å². The zero-order valence-corrected chi connectivity index (χ0v) is 12.1. The molecule has 116 valence electrons. The molecule has 0 aliphatic carbocycles. The first-order valence-electron chi connectivity index (χ1n) is 6.93. The number of hydrogen-bond acceptors (Lipinski definition) is 4. The molecule has 0 atom stereocenters. The number of benzene rings is 1. The van der Waals surface area contributed by atoms with E-state index in [4.69, 9.17) is 0 Å². The Morgan fingerprint density at radius 1 is 1.18 bits per heavy atom. The van der Waals surface area contributed by atoms with Crippen LogP contribution in [0.2, 0.25) is 0 Å². The Kier molecular flexibility index (Phi) is 5.35. The second-order valence-electron chi connectivity index (χ2n) is 4.62. The maximum atomic E-state index is 13.5. The Labute approximate surface area is 126 Å². The Balaban J connectivity index is 2.04. The molecule has 0 saturated heterocycles. The van der Waals surface area contributed by atoms with Crippen molar-refractivity contribution in [1.82, 2.24) is 9.97 Å². The number of anilines is 2. The maximum Gasteiger partial charge on any atom is 0.276 e. The smallest absolute Gasteiger partial charge is 0.276 e. The van der Waals surface area contributed by atoms with E-state index < -0.39 is 23.2 Å². The van der Waals surface area contributed by atoms with E-state index in [1.165, 1.54) is 18.5 Å². The number of hydrogen-bond donors (Lipinski definition) is 2. The highest BCUT2D eigenvalue weighted by atomic mass is 19.1. The zero-order chi connectivity index (χ0) is 15.9. The molecule has 2 N–H and O–H groups in total. The lowest BCUT2D eigenvalue weighted by Gasteiger charge is -2.08. The van der Waals surface area contributed by atoms with Crippen molar-refractivity contribution in [1.29, 1.82) is 0 Å². The van der Waals surface area contributed by atoms with Crippen LogP contribution >= 0.6 is 0 Å². The second-order valence-corrected chi connectivity index (χ2v) is 4.62. The van der Waals surface area contributed by atoms with Crippen LogP contribution in [0.4, 0.5) is 20.3 Å². The van der Waals surface area contributed by atoms with E-state index in [1.54, 1.807) is 0 Å². The minimum atomic E-state index is -0.848. The molecule has 5 nitrogen and oxygen atoms in total. The normalized spacial score (nSPS) is 10.3. The van der Waals surface area contributed by atoms with Crippen LogP contribution in [0.3, 0.4) is 0 Å². The van der Waals surface area contributed by atoms with Gasteiger partial charge < -0.3 is 10.6 Å². The summed E-state index contributed by atoms with van der Waals surface area (Å²) in [7, 11) is 0. The van der Waals surface area contributed by atoms with Crippen LogP contribution in [0.25, 0.3) is 0 Å². The fourth-order valence-electron chi connectivity index (χ4n) is 1.72. The standard InChI is InChI=1S/C15H16F2N4O/c1-2-3-7-18-13-9-19-12(8-20-13)15(22)21-14-10(16)5-4-6-11(14)17/h4-6,8-9H,2-3,7H2,1H3,(H,18,20)(H,21,22). The van der Waals surface area contributed by atoms with Gasteiger partial charge in [-0.05, 0) is 18.6 Å². The number of nitrogens with zero attached hydrogens (tertiary/aromatic N) is 2. The zero-order valence-electron chi connectivity index (χ0n) is 12.1. The number of aromatic nitrogens is 2. The fraction of sp³-hybridized carbons (Fsp3) is 0.267. The largest absolute Gasteiger partial charge is 0.369 e. The summed E-state index contributed by atoms with van der Waals surface area (Å²) in [6.45, 7) is 2.83. The van der Waals surface area contributed by atoms with Crippen LogP contribution in [0.1, 0.15) is 30.3 Å². The van der Waals surface area contributed by atoms with Crippen molar-refractivity contribution in [3.63, 3.8) is 0 Å². The molecule has 7 heteroatoms. The lowest BCUT2D eigenvalue weighted by molar-refractivity contribution is 0.102. The Hall–Kier alpha value is -2.57. The molecule has 0 aliphatic heterocycles. The number of halogens is 2. The molecule has 1 amide bonds. The van der Waals surface area contributed by atoms with E-state index in [9.17, 15) is 13.6 Å². The van der Waals surface area contributed by atoms with E-state index in [2.05, 4.69) is 27.5 Å². The highest BCUT2D eigenvalue weighted by Gasteiger charge is 2.14. The molecule has 1 aromatic heterocycles. The lowest BCUT2D eigenvalue weighted by Crippen LogP contribution is -2.16. The van der Waals surface area contributed by atoms with Crippen molar-refractivity contribution in [2.24, 2.45) is 0 Å². The van der Waals surface area contributed by atoms with Crippen molar-refractivity contribution >= 4 is 17.4 Å². The van der Waals surface area contributed by atoms with Crippen molar-refractivity contribution in [2.75, 3.05) is 17.2 Å². The summed E-state index contributed by atoms with van der Waals surface area (Å²) in [6.07, 6.45) is 4.70. The monoisotopic (exact) mass is 306 g/mol. The van der Waals surface area contributed by atoms with E-state index in [1.807, 2.05) is 0 Å². The molecule has 0 spiro atoms. The molecular weight excluding hydrogens is 290 g/mol. The predicted molar refractivity (Wildman–Crippen MR) is 79.7 cm³/mol. The van der Waals surface area contributed by atoms with Gasteiger partial charge in [-0.1, -0.05) is 19.4 Å². The molecule has 0 fully saturated rings. The van der Waals surface area contributed by atoms with E-state index >= 15 is 0 Å². The molecule has 0 saturated carbocycles. The molecule has 0 aliphatic rings. The molecule has 2 rings (SSSR count). The number of carbonyl (C=O) groups excluding carboxylic acids is 1. The number of nitrogens with one attached hydrogen (secondary N) is 2. The van der Waals surface area contributed by atoms with Crippen molar-refractivity contribution in [3.8, 4) is 0 Å². The fourth-order valence-corrected chi connectivity index (χ4v) is 1.72. The minimum Gasteiger partial charge on any atom is -0.369 e. The van der Waals surface area contributed by atoms with Gasteiger partial charge in [0.1, 0.15) is 28.8 Å². The first-order chi connectivity index (χ1) is 10.6. The molecule has 1 aromatic carbocycles. The van der Waals surface area contributed by atoms with Crippen LogP contribution in [0, 0.1) is 11.6 Å². The average Bonchev–Trinajstić information content (AvgIpc) is 2.52. The van der Waals surface area contributed by atoms with Crippen LogP contribution in [-0.2, 0) is 0 Å². The Bertz CT molecular complexity index is 626. The molecule has 0 radical (unpaired) electrons. The highest BCUT2D eigenvalue weighted by molar-refractivity contribution is 6.02. The van der Waals surface area contributed by atoms with E-state index in [0.717, 1.165) is 31.5 Å². The van der Waals surface area contributed by atoms with Gasteiger partial charge in [-0.15, -0.1) is 0 Å². The molecular formula is C15H16F2N4O. The van der Waals surface area contributed by atoms with Crippen LogP contribution in [0.15, 0.2) is 30.6 Å². The summed E-state index contributed by atoms with van der Waals surface area (Å²) >= 11 is 0. The van der Waals surface area contributed by atoms with Crippen molar-refractivity contribution in [3.05, 3.63) is 47.9 Å². The first-order valence-corrected chi connectivity index (χ1v) is 6.93. The first kappa shape index (κ1) is 15.8. The van der Waals surface area contributed by atoms with Gasteiger partial charge in [0, 0.05) is 6.54 Å². The summed E-state index contributed by atoms with van der Waals surface area (Å²) in [5, 5.41) is 5.21. The van der Waals surface area contributed by atoms with Gasteiger partial charge in [-0.3, -0.25) is 4.79 Å². The van der Waals surface area contributed by atoms with Gasteiger partial charge in [0.25, 0.3) is 5.91 Å². The number of rotatable bonds is 6. The van der Waals surface area contributed by atoms with Gasteiger partial charge in [-0.2, -0.15) is 0 Å². The van der Waals surface area contributed by atoms with Crippen molar-refractivity contribution < 1.29 is 13.6 Å². The topological polar surface area (TPSA) is 66.9 Å². The van der Waals surface area contributed by atoms with Gasteiger partial charge in [0.05, 0.1) is 12.4 Å². The third-order valence-electron chi connectivity index (χ3n) is 2.92. The summed E-state index contributed by atoms with van der Waals surface area (Å²) in [4.78, 5) is 19.9. The van der Waals surface area contributed by atoms with E-state index in [-0.39, 0.29) is 5.69 Å². The minimum absolute atomic E-state index is 0.0244. The quantitative estimate of drug-likeness (QED) is 0.804. The van der Waals surface area contributed by atoms with Gasteiger partial charge in [0.2, 0.25) is 0 Å². The van der Waals surface area contributed by atoms with Gasteiger partial charge in [0.15, 0.2) is 0 Å². The summed E-state index contributed by atoms with van der Waals surface area (Å²) in [6, 6.07) is 3.34. The van der Waals surface area contributed by atoms with Crippen LogP contribution in [0.5, 0.6) is 0 Å². The second kappa shape index (κ2) is 7.44. The summed E-state index contributed by atoms with van der Waals surface area (Å²) < 4.78 is 26.9. The average molecular weight is 306 g/mol. The van der Waals surface area contributed by atoms with Crippen molar-refractivity contribution in [2.45, 2.75) is 19.8 Å². The highest BCUT2D eigenvalue weighted by Crippen LogP contribution is 2.18. The molecule has 22 heavy (non-hydrogen) atoms. The van der Waals surface area contributed by atoms with Crippen LogP contribution in [-0.4, -0.2) is 22.4 Å². The Morgan fingerprint density at radius 2 is 1.91 bits per heavy atom. The van der Waals surface area contributed by atoms with E-state index in [0.29, 0.717) is 5.82 Å². The lowest BCUT2D eigenvalue weighted by atomic mass is 10.3. The molecule has 1 heterocycles. The molecule has 0 bridgehead atoms. The number of para-hydroxylation sites is 1. The predicted octanol–water partition coefficient (Wildman–Crippen LogP) is 3.22. The third kappa shape index (κ3) is 3.97. The number of amides is 1. The summed E-state index contributed by atoms with van der Waals surface area (Å²) in [5.41, 5.74) is -0.525. The number of unbranched alkanes of at least 4 members (excludes halogenated alkanes) is 1. The Morgan fingerprint density at radius 3 is 2.50 bits per heavy atom. The molecule has 0 unspecified atom stereocenters. The molecule has 2 aromatic rings.